The quantitative estimate of drug-likeness (QED) is 0.372. The Kier molecular flexibility index (Phi) is 8.75. The van der Waals surface area contributed by atoms with Gasteiger partial charge in [-0.05, 0) is 32.9 Å². The highest BCUT2D eigenvalue weighted by molar-refractivity contribution is 5.80. The first-order valence-corrected chi connectivity index (χ1v) is 11.4. The minimum absolute atomic E-state index is 0.112. The number of likely N-dealkylation sites (N-methyl/N-ethyl adjacent to an activating group) is 1. The highest BCUT2D eigenvalue weighted by Gasteiger charge is 2.31. The molecule has 1 saturated heterocycles. The molecule has 0 unspecified atom stereocenters. The lowest BCUT2D eigenvalue weighted by atomic mass is 9.92. The molecule has 2 fully saturated rings. The number of halogens is 3. The van der Waals surface area contributed by atoms with Crippen molar-refractivity contribution in [3.63, 3.8) is 0 Å². The average Bonchev–Trinajstić information content (AvgIpc) is 3.47. The standard InChI is InChI=1S/C21H32F3N7O3/c1-30(2)14-7-8-31(11-14)19-15(22)17(26-18(27-19)16(23)24)28-29-20(32)13(10-25-21(33)34)9-12-5-3-4-6-12/h12-14,16,25H,3-11H2,1-2H3,(H,29,32)(H,33,34)(H,26,27,28)/t13-,14+/m1/s1. The molecule has 4 N–H and O–H groups in total. The molecular formula is C21H32F3N7O3. The van der Waals surface area contributed by atoms with Gasteiger partial charge in [-0.1, -0.05) is 25.7 Å². The number of nitrogens with one attached hydrogen (secondary N) is 3. The molecule has 2 aliphatic rings. The molecule has 2 heterocycles. The number of alkyl halides is 2. The number of anilines is 2. The van der Waals surface area contributed by atoms with Crippen LogP contribution in [0.1, 0.15) is 50.8 Å². The van der Waals surface area contributed by atoms with Gasteiger partial charge in [0.05, 0.1) is 5.92 Å². The third-order valence-electron chi connectivity index (χ3n) is 6.51. The van der Waals surface area contributed by atoms with Crippen LogP contribution >= 0.6 is 0 Å². The minimum atomic E-state index is -3.03. The lowest BCUT2D eigenvalue weighted by molar-refractivity contribution is -0.124. The first kappa shape index (κ1) is 25.8. The van der Waals surface area contributed by atoms with Crippen LogP contribution in [0.3, 0.4) is 0 Å². The molecule has 10 nitrogen and oxygen atoms in total. The summed E-state index contributed by atoms with van der Waals surface area (Å²) in [5, 5.41) is 11.1. The predicted molar refractivity (Wildman–Crippen MR) is 119 cm³/mol. The summed E-state index contributed by atoms with van der Waals surface area (Å²) < 4.78 is 42.1. The molecule has 1 saturated carbocycles. The number of carbonyl (C=O) groups excluding carboxylic acids is 1. The molecule has 2 atom stereocenters. The van der Waals surface area contributed by atoms with Crippen molar-refractivity contribution in [1.29, 1.82) is 0 Å². The van der Waals surface area contributed by atoms with Gasteiger partial charge >= 0.3 is 6.09 Å². The van der Waals surface area contributed by atoms with Crippen LogP contribution in [0.25, 0.3) is 0 Å². The zero-order chi connectivity index (χ0) is 24.8. The van der Waals surface area contributed by atoms with Crippen molar-refractivity contribution in [2.75, 3.05) is 44.1 Å². The highest BCUT2D eigenvalue weighted by atomic mass is 19.3. The van der Waals surface area contributed by atoms with Gasteiger partial charge < -0.3 is 20.2 Å². The Bertz CT molecular complexity index is 868. The maximum absolute atomic E-state index is 15.2. The summed E-state index contributed by atoms with van der Waals surface area (Å²) in [4.78, 5) is 34.5. The van der Waals surface area contributed by atoms with Gasteiger partial charge in [0.1, 0.15) is 0 Å². The van der Waals surface area contributed by atoms with Crippen LogP contribution in [-0.2, 0) is 4.79 Å². The molecule has 0 aromatic carbocycles. The molecular weight excluding hydrogens is 455 g/mol. The molecule has 1 aromatic rings. The normalized spacial score (nSPS) is 19.6. The third-order valence-corrected chi connectivity index (χ3v) is 6.51. The molecule has 3 rings (SSSR count). The summed E-state index contributed by atoms with van der Waals surface area (Å²) in [5.74, 6) is -3.59. The topological polar surface area (TPSA) is 123 Å². The molecule has 0 radical (unpaired) electrons. The number of amides is 2. The van der Waals surface area contributed by atoms with Crippen LogP contribution in [0.2, 0.25) is 0 Å². The largest absolute Gasteiger partial charge is 0.465 e. The summed E-state index contributed by atoms with van der Waals surface area (Å²) in [6.07, 6.45) is 0.919. The third kappa shape index (κ3) is 6.61. The van der Waals surface area contributed by atoms with Gasteiger partial charge in [-0.15, -0.1) is 0 Å². The van der Waals surface area contributed by atoms with Gasteiger partial charge in [0.15, 0.2) is 17.5 Å². The molecule has 1 aromatic heterocycles. The van der Waals surface area contributed by atoms with Crippen LogP contribution in [0.15, 0.2) is 0 Å². The number of hydrogen-bond donors (Lipinski definition) is 4. The van der Waals surface area contributed by atoms with Crippen LogP contribution in [0.4, 0.5) is 29.6 Å². The predicted octanol–water partition coefficient (Wildman–Crippen LogP) is 2.60. The molecule has 0 spiro atoms. The van der Waals surface area contributed by atoms with E-state index in [1.807, 2.05) is 19.0 Å². The molecule has 2 amide bonds. The van der Waals surface area contributed by atoms with E-state index in [1.54, 1.807) is 4.90 Å². The first-order chi connectivity index (χ1) is 16.2. The maximum atomic E-state index is 15.2. The zero-order valence-electron chi connectivity index (χ0n) is 19.4. The second kappa shape index (κ2) is 11.5. The summed E-state index contributed by atoms with van der Waals surface area (Å²) in [5.41, 5.74) is 4.65. The number of carboxylic acid groups (broad SMARTS) is 1. The van der Waals surface area contributed by atoms with E-state index < -0.39 is 41.8 Å². The van der Waals surface area contributed by atoms with Crippen molar-refractivity contribution >= 4 is 23.6 Å². The van der Waals surface area contributed by atoms with Gasteiger partial charge in [-0.2, -0.15) is 4.39 Å². The van der Waals surface area contributed by atoms with Gasteiger partial charge in [0, 0.05) is 25.7 Å². The Labute approximate surface area is 196 Å². The van der Waals surface area contributed by atoms with Crippen molar-refractivity contribution in [1.82, 2.24) is 25.6 Å². The van der Waals surface area contributed by atoms with E-state index in [0.717, 1.165) is 32.1 Å². The van der Waals surface area contributed by atoms with Crippen LogP contribution in [-0.4, -0.2) is 71.7 Å². The Balaban J connectivity index is 1.74. The second-order valence-corrected chi connectivity index (χ2v) is 9.10. The van der Waals surface area contributed by atoms with E-state index in [1.165, 1.54) is 0 Å². The van der Waals surface area contributed by atoms with Crippen molar-refractivity contribution in [2.24, 2.45) is 11.8 Å². The molecule has 1 aliphatic carbocycles. The summed E-state index contributed by atoms with van der Waals surface area (Å²) in [7, 11) is 3.78. The van der Waals surface area contributed by atoms with Gasteiger partial charge in [0.2, 0.25) is 11.7 Å². The number of rotatable bonds is 10. The lowest BCUT2D eigenvalue weighted by Crippen LogP contribution is -2.42. The van der Waals surface area contributed by atoms with Crippen molar-refractivity contribution < 1.29 is 27.9 Å². The van der Waals surface area contributed by atoms with Crippen LogP contribution in [0.5, 0.6) is 0 Å². The highest BCUT2D eigenvalue weighted by Crippen LogP contribution is 2.31. The van der Waals surface area contributed by atoms with Crippen molar-refractivity contribution in [3.8, 4) is 0 Å². The molecule has 190 valence electrons. The number of carbonyl (C=O) groups is 2. The summed E-state index contributed by atoms with van der Waals surface area (Å²) in [6, 6.07) is 0.124. The fourth-order valence-electron chi connectivity index (χ4n) is 4.56. The van der Waals surface area contributed by atoms with E-state index in [0.29, 0.717) is 25.4 Å². The lowest BCUT2D eigenvalue weighted by Gasteiger charge is -2.23. The van der Waals surface area contributed by atoms with E-state index in [4.69, 9.17) is 5.11 Å². The Morgan fingerprint density at radius 3 is 2.50 bits per heavy atom. The van der Waals surface area contributed by atoms with E-state index in [-0.39, 0.29) is 18.4 Å². The van der Waals surface area contributed by atoms with Crippen LogP contribution < -0.4 is 21.1 Å². The molecule has 0 bridgehead atoms. The Hall–Kier alpha value is -2.83. The number of hydrazine groups is 1. The Morgan fingerprint density at radius 1 is 1.21 bits per heavy atom. The molecule has 1 aliphatic heterocycles. The number of nitrogens with zero attached hydrogens (tertiary/aromatic N) is 4. The summed E-state index contributed by atoms with van der Waals surface area (Å²) in [6.45, 7) is 0.744. The van der Waals surface area contributed by atoms with E-state index in [2.05, 4.69) is 26.1 Å². The van der Waals surface area contributed by atoms with Crippen molar-refractivity contribution in [2.45, 2.75) is 51.0 Å². The van der Waals surface area contributed by atoms with E-state index >= 15 is 4.39 Å². The van der Waals surface area contributed by atoms with Crippen molar-refractivity contribution in [3.05, 3.63) is 11.6 Å². The second-order valence-electron chi connectivity index (χ2n) is 9.10. The SMILES string of the molecule is CN(C)[C@H]1CCN(c2nc(C(F)F)nc(NNC(=O)[C@@H](CNC(=O)O)CC3CCCC3)c2F)C1. The Morgan fingerprint density at radius 2 is 1.91 bits per heavy atom. The monoisotopic (exact) mass is 487 g/mol. The number of hydrogen-bond acceptors (Lipinski definition) is 7. The fourth-order valence-corrected chi connectivity index (χ4v) is 4.56. The molecule has 34 heavy (non-hydrogen) atoms. The van der Waals surface area contributed by atoms with E-state index in [9.17, 15) is 18.4 Å². The number of aromatic nitrogens is 2. The zero-order valence-corrected chi connectivity index (χ0v) is 19.4. The first-order valence-electron chi connectivity index (χ1n) is 11.4. The molecule has 13 heteroatoms. The van der Waals surface area contributed by atoms with Crippen LogP contribution in [0, 0.1) is 17.7 Å². The smallest absolute Gasteiger partial charge is 0.404 e. The van der Waals surface area contributed by atoms with Gasteiger partial charge in [-0.25, -0.2) is 23.5 Å². The van der Waals surface area contributed by atoms with Gasteiger partial charge in [0.25, 0.3) is 6.43 Å². The minimum Gasteiger partial charge on any atom is -0.465 e. The average molecular weight is 488 g/mol. The van der Waals surface area contributed by atoms with Gasteiger partial charge in [-0.3, -0.25) is 15.6 Å². The maximum Gasteiger partial charge on any atom is 0.404 e. The fraction of sp³-hybridized carbons (Fsp3) is 0.714. The summed E-state index contributed by atoms with van der Waals surface area (Å²) >= 11 is 0.